The Labute approximate surface area is 184 Å². The maximum absolute atomic E-state index is 12.2. The summed E-state index contributed by atoms with van der Waals surface area (Å²) >= 11 is 0. The van der Waals surface area contributed by atoms with Gasteiger partial charge in [-0.2, -0.15) is 4.80 Å². The van der Waals surface area contributed by atoms with E-state index >= 15 is 0 Å². The second-order valence-electron chi connectivity index (χ2n) is 6.85. The van der Waals surface area contributed by atoms with Crippen LogP contribution >= 0.6 is 0 Å². The van der Waals surface area contributed by atoms with Crippen LogP contribution < -0.4 is 14.8 Å². The van der Waals surface area contributed by atoms with Gasteiger partial charge in [0, 0.05) is 5.56 Å². The number of methoxy groups -OCH3 is 1. The van der Waals surface area contributed by atoms with E-state index in [0.29, 0.717) is 35.2 Å². The molecule has 0 spiro atoms. The van der Waals surface area contributed by atoms with E-state index < -0.39 is 5.91 Å². The highest BCUT2D eigenvalue weighted by Gasteiger charge is 2.13. The third-order valence-corrected chi connectivity index (χ3v) is 4.57. The number of aromatic hydroxyl groups is 1. The molecule has 3 aromatic carbocycles. The van der Waals surface area contributed by atoms with Crippen molar-refractivity contribution in [2.45, 2.75) is 13.2 Å². The molecule has 162 valence electrons. The number of aromatic nitrogens is 4. The number of hydrogen-bond donors (Lipinski definition) is 2. The number of carbonyl (C=O) groups is 1. The number of nitrogens with one attached hydrogen (secondary N) is 1. The van der Waals surface area contributed by atoms with E-state index in [4.69, 9.17) is 9.47 Å². The number of tetrazole rings is 1. The summed E-state index contributed by atoms with van der Waals surface area (Å²) in [6.45, 7) is 0.258. The van der Waals surface area contributed by atoms with Crippen molar-refractivity contribution in [3.05, 3.63) is 78.4 Å². The lowest BCUT2D eigenvalue weighted by Crippen LogP contribution is -2.20. The van der Waals surface area contributed by atoms with E-state index in [9.17, 15) is 9.90 Å². The van der Waals surface area contributed by atoms with E-state index in [-0.39, 0.29) is 12.3 Å². The van der Waals surface area contributed by atoms with Crippen LogP contribution in [0.25, 0.3) is 11.4 Å². The molecule has 4 rings (SSSR count). The summed E-state index contributed by atoms with van der Waals surface area (Å²) in [7, 11) is 1.56. The maximum atomic E-state index is 12.2. The quantitative estimate of drug-likeness (QED) is 0.412. The van der Waals surface area contributed by atoms with E-state index in [1.54, 1.807) is 43.5 Å². The predicted molar refractivity (Wildman–Crippen MR) is 117 cm³/mol. The van der Waals surface area contributed by atoms with E-state index in [1.165, 1.54) is 10.9 Å². The van der Waals surface area contributed by atoms with Crippen LogP contribution in [0, 0.1) is 0 Å². The fourth-order valence-electron chi connectivity index (χ4n) is 2.98. The van der Waals surface area contributed by atoms with Crippen molar-refractivity contribution in [1.82, 2.24) is 20.2 Å². The first-order valence-electron chi connectivity index (χ1n) is 9.83. The summed E-state index contributed by atoms with van der Waals surface area (Å²) in [6, 6.07) is 21.6. The summed E-state index contributed by atoms with van der Waals surface area (Å²) in [6.07, 6.45) is 0. The van der Waals surface area contributed by atoms with Crippen LogP contribution in [0.3, 0.4) is 0 Å². The van der Waals surface area contributed by atoms with Gasteiger partial charge in [0.2, 0.25) is 11.7 Å². The van der Waals surface area contributed by atoms with Gasteiger partial charge in [-0.3, -0.25) is 4.79 Å². The standard InChI is InChI=1S/C23H21N5O4/c1-31-21-13-17(11-12-20(21)32-15-16-7-3-2-4-8-16)23-25-27-28(26-23)14-22(30)24-18-9-5-6-10-19(18)29/h2-13,29H,14-15H2,1H3,(H,24,30). The second kappa shape index (κ2) is 9.61. The third-order valence-electron chi connectivity index (χ3n) is 4.57. The second-order valence-corrected chi connectivity index (χ2v) is 6.85. The molecule has 4 aromatic rings. The molecule has 32 heavy (non-hydrogen) atoms. The van der Waals surface area contributed by atoms with Crippen LogP contribution in [0.2, 0.25) is 0 Å². The van der Waals surface area contributed by atoms with Crippen molar-refractivity contribution in [2.24, 2.45) is 0 Å². The fraction of sp³-hybridized carbons (Fsp3) is 0.130. The number of para-hydroxylation sites is 2. The van der Waals surface area contributed by atoms with Crippen molar-refractivity contribution in [1.29, 1.82) is 0 Å². The Hall–Kier alpha value is -4.40. The molecular formula is C23H21N5O4. The molecule has 1 aromatic heterocycles. The summed E-state index contributed by atoms with van der Waals surface area (Å²) in [5.41, 5.74) is 2.03. The summed E-state index contributed by atoms with van der Waals surface area (Å²) in [5, 5.41) is 24.6. The molecule has 1 heterocycles. The van der Waals surface area contributed by atoms with Gasteiger partial charge in [-0.25, -0.2) is 0 Å². The Morgan fingerprint density at radius 1 is 1.03 bits per heavy atom. The Morgan fingerprint density at radius 2 is 1.81 bits per heavy atom. The summed E-state index contributed by atoms with van der Waals surface area (Å²) in [4.78, 5) is 13.4. The Balaban J connectivity index is 1.42. The highest BCUT2D eigenvalue weighted by atomic mass is 16.5. The molecule has 0 radical (unpaired) electrons. The smallest absolute Gasteiger partial charge is 0.248 e. The molecule has 0 aliphatic rings. The average Bonchev–Trinajstić information content (AvgIpc) is 3.28. The molecule has 2 N–H and O–H groups in total. The molecule has 0 saturated carbocycles. The molecule has 0 saturated heterocycles. The topological polar surface area (TPSA) is 111 Å². The minimum absolute atomic E-state index is 0.0187. The lowest BCUT2D eigenvalue weighted by molar-refractivity contribution is -0.117. The molecule has 9 nitrogen and oxygen atoms in total. The fourth-order valence-corrected chi connectivity index (χ4v) is 2.98. The number of phenolic OH excluding ortho intramolecular Hbond substituents is 1. The molecule has 0 aliphatic carbocycles. The van der Waals surface area contributed by atoms with Gasteiger partial charge in [-0.15, -0.1) is 10.2 Å². The Morgan fingerprint density at radius 3 is 2.59 bits per heavy atom. The molecule has 0 atom stereocenters. The number of amides is 1. The van der Waals surface area contributed by atoms with Crippen LogP contribution in [0.4, 0.5) is 5.69 Å². The Kier molecular flexibility index (Phi) is 6.26. The Bertz CT molecular complexity index is 1210. The minimum atomic E-state index is -0.391. The zero-order valence-electron chi connectivity index (χ0n) is 17.3. The highest BCUT2D eigenvalue weighted by Crippen LogP contribution is 2.31. The zero-order valence-corrected chi connectivity index (χ0v) is 17.3. The molecule has 0 unspecified atom stereocenters. The first kappa shape index (κ1) is 20.9. The number of ether oxygens (including phenoxy) is 2. The molecule has 0 aliphatic heterocycles. The SMILES string of the molecule is COc1cc(-c2nnn(CC(=O)Nc3ccccc3O)n2)ccc1OCc1ccccc1. The van der Waals surface area contributed by atoms with Gasteiger partial charge in [0.1, 0.15) is 18.9 Å². The van der Waals surface area contributed by atoms with Gasteiger partial charge in [0.05, 0.1) is 12.8 Å². The number of carbonyl (C=O) groups excluding carboxylic acids is 1. The summed E-state index contributed by atoms with van der Waals surface area (Å²) in [5.74, 6) is 1.06. The maximum Gasteiger partial charge on any atom is 0.248 e. The molecule has 0 fully saturated rings. The minimum Gasteiger partial charge on any atom is -0.506 e. The van der Waals surface area contributed by atoms with Crippen LogP contribution in [0.15, 0.2) is 72.8 Å². The number of benzene rings is 3. The van der Waals surface area contributed by atoms with Gasteiger partial charge >= 0.3 is 0 Å². The van der Waals surface area contributed by atoms with Gasteiger partial charge in [0.15, 0.2) is 11.5 Å². The number of nitrogens with zero attached hydrogens (tertiary/aromatic N) is 4. The first-order valence-corrected chi connectivity index (χ1v) is 9.83. The van der Waals surface area contributed by atoms with Crippen molar-refractivity contribution >= 4 is 11.6 Å². The third kappa shape index (κ3) is 5.01. The van der Waals surface area contributed by atoms with Crippen molar-refractivity contribution in [3.8, 4) is 28.6 Å². The van der Waals surface area contributed by atoms with Gasteiger partial charge < -0.3 is 19.9 Å². The van der Waals surface area contributed by atoms with Gasteiger partial charge in [-0.05, 0) is 41.1 Å². The molecule has 9 heteroatoms. The lowest BCUT2D eigenvalue weighted by Gasteiger charge is -2.11. The van der Waals surface area contributed by atoms with E-state index in [0.717, 1.165) is 5.56 Å². The van der Waals surface area contributed by atoms with Crippen molar-refractivity contribution in [3.63, 3.8) is 0 Å². The van der Waals surface area contributed by atoms with Gasteiger partial charge in [0.25, 0.3) is 0 Å². The largest absolute Gasteiger partial charge is 0.506 e. The lowest BCUT2D eigenvalue weighted by atomic mass is 10.2. The monoisotopic (exact) mass is 431 g/mol. The number of rotatable bonds is 8. The molecular weight excluding hydrogens is 410 g/mol. The molecule has 0 bridgehead atoms. The first-order chi connectivity index (χ1) is 15.6. The van der Waals surface area contributed by atoms with Crippen LogP contribution in [-0.2, 0) is 17.9 Å². The number of phenols is 1. The van der Waals surface area contributed by atoms with Crippen LogP contribution in [-0.4, -0.2) is 38.3 Å². The zero-order chi connectivity index (χ0) is 22.3. The van der Waals surface area contributed by atoms with Crippen LogP contribution in [0.5, 0.6) is 17.2 Å². The molecule has 1 amide bonds. The number of anilines is 1. The highest BCUT2D eigenvalue weighted by molar-refractivity contribution is 5.91. The van der Waals surface area contributed by atoms with Crippen LogP contribution in [0.1, 0.15) is 5.56 Å². The van der Waals surface area contributed by atoms with Crippen molar-refractivity contribution < 1.29 is 19.4 Å². The average molecular weight is 431 g/mol. The van der Waals surface area contributed by atoms with Gasteiger partial charge in [-0.1, -0.05) is 42.5 Å². The van der Waals surface area contributed by atoms with Crippen molar-refractivity contribution in [2.75, 3.05) is 12.4 Å². The van der Waals surface area contributed by atoms with E-state index in [2.05, 4.69) is 20.7 Å². The van der Waals surface area contributed by atoms with E-state index in [1.807, 2.05) is 30.3 Å². The summed E-state index contributed by atoms with van der Waals surface area (Å²) < 4.78 is 11.3. The predicted octanol–water partition coefficient (Wildman–Crippen LogP) is 3.27. The number of hydrogen-bond acceptors (Lipinski definition) is 7. The normalized spacial score (nSPS) is 10.5.